The molecule has 1 atom stereocenters. The van der Waals surface area contributed by atoms with Gasteiger partial charge in [-0.05, 0) is 42.2 Å². The molecule has 0 aromatic heterocycles. The van der Waals surface area contributed by atoms with Crippen LogP contribution >= 0.6 is 0 Å². The Hall–Kier alpha value is -2.82. The highest BCUT2D eigenvalue weighted by Gasteiger charge is 2.28. The van der Waals surface area contributed by atoms with Crippen LogP contribution in [0.1, 0.15) is 23.5 Å². The summed E-state index contributed by atoms with van der Waals surface area (Å²) in [6.45, 7) is 0. The highest BCUT2D eigenvalue weighted by molar-refractivity contribution is 5.98. The van der Waals surface area contributed by atoms with Gasteiger partial charge in [0.2, 0.25) is 12.3 Å². The number of carbonyl (C=O) groups excluding carboxylic acids is 2. The minimum atomic E-state index is -0.113. The first-order chi connectivity index (χ1) is 11.2. The number of hydrogen-bond acceptors (Lipinski definition) is 3. The molecule has 3 N–H and O–H groups in total. The van der Waals surface area contributed by atoms with Crippen molar-refractivity contribution in [3.63, 3.8) is 0 Å². The second-order valence-electron chi connectivity index (χ2n) is 5.55. The number of fused-ring (bicyclic) bond motifs is 1. The van der Waals surface area contributed by atoms with E-state index in [2.05, 4.69) is 22.0 Å². The largest absolute Gasteiger partial charge is 0.386 e. The molecule has 0 radical (unpaired) electrons. The monoisotopic (exact) mass is 309 g/mol. The third-order valence-corrected chi connectivity index (χ3v) is 4.22. The molecule has 0 spiro atoms. The molecule has 0 saturated heterocycles. The lowest BCUT2D eigenvalue weighted by atomic mass is 10.0. The fourth-order valence-electron chi connectivity index (χ4n) is 3.08. The van der Waals surface area contributed by atoms with Crippen molar-refractivity contribution < 1.29 is 9.59 Å². The first kappa shape index (κ1) is 15.1. The molecular weight excluding hydrogens is 290 g/mol. The Kier molecular flexibility index (Phi) is 4.28. The molecule has 0 fully saturated rings. The van der Waals surface area contributed by atoms with Gasteiger partial charge in [-0.15, -0.1) is 0 Å². The van der Waals surface area contributed by atoms with E-state index >= 15 is 0 Å². The molecule has 2 aromatic rings. The van der Waals surface area contributed by atoms with E-state index in [0.29, 0.717) is 17.8 Å². The Morgan fingerprint density at radius 2 is 2.00 bits per heavy atom. The predicted molar refractivity (Wildman–Crippen MR) is 91.8 cm³/mol. The maximum Gasteiger partial charge on any atom is 0.231 e. The van der Waals surface area contributed by atoms with Gasteiger partial charge in [-0.2, -0.15) is 0 Å². The highest BCUT2D eigenvalue weighted by Crippen LogP contribution is 2.34. The molecule has 0 bridgehead atoms. The summed E-state index contributed by atoms with van der Waals surface area (Å²) in [5.74, 6) is -0.123. The third-order valence-electron chi connectivity index (χ3n) is 4.22. The van der Waals surface area contributed by atoms with Gasteiger partial charge in [0.25, 0.3) is 0 Å². The minimum Gasteiger partial charge on any atom is -0.386 e. The van der Waals surface area contributed by atoms with Crippen LogP contribution in [0.2, 0.25) is 0 Å². The molecule has 0 aliphatic heterocycles. The highest BCUT2D eigenvalue weighted by atomic mass is 16.2. The van der Waals surface area contributed by atoms with Gasteiger partial charge in [0.15, 0.2) is 0 Å². The van der Waals surface area contributed by atoms with Crippen LogP contribution in [0.3, 0.4) is 0 Å². The standard InChI is InChI=1S/C18H19N3O2/c1-19-16-9-7-13(10-17(16)20-11-22)21-18(23)15-8-6-12-4-2-3-5-14(12)15/h2-5,7,9-11,15,19H,6,8H2,1H3,(H,20,22)(H,21,23). The Morgan fingerprint density at radius 3 is 2.78 bits per heavy atom. The Labute approximate surface area is 135 Å². The van der Waals surface area contributed by atoms with E-state index < -0.39 is 0 Å². The second kappa shape index (κ2) is 6.52. The van der Waals surface area contributed by atoms with E-state index in [1.165, 1.54) is 5.56 Å². The van der Waals surface area contributed by atoms with Crippen molar-refractivity contribution in [3.05, 3.63) is 53.6 Å². The zero-order chi connectivity index (χ0) is 16.2. The van der Waals surface area contributed by atoms with Crippen LogP contribution in [0, 0.1) is 0 Å². The van der Waals surface area contributed by atoms with Crippen LogP contribution < -0.4 is 16.0 Å². The summed E-state index contributed by atoms with van der Waals surface area (Å²) < 4.78 is 0. The Balaban J connectivity index is 1.78. The van der Waals surface area contributed by atoms with Gasteiger partial charge in [0.05, 0.1) is 17.3 Å². The van der Waals surface area contributed by atoms with Gasteiger partial charge < -0.3 is 16.0 Å². The third kappa shape index (κ3) is 3.04. The summed E-state index contributed by atoms with van der Waals surface area (Å²) in [6, 6.07) is 13.5. The zero-order valence-electron chi connectivity index (χ0n) is 12.9. The van der Waals surface area contributed by atoms with Crippen LogP contribution in [0.15, 0.2) is 42.5 Å². The number of carbonyl (C=O) groups is 2. The van der Waals surface area contributed by atoms with Crippen LogP contribution in [0.5, 0.6) is 0 Å². The first-order valence-corrected chi connectivity index (χ1v) is 7.63. The summed E-state index contributed by atoms with van der Waals surface area (Å²) in [5.41, 5.74) is 4.46. The van der Waals surface area contributed by atoms with Gasteiger partial charge in [-0.25, -0.2) is 0 Å². The summed E-state index contributed by atoms with van der Waals surface area (Å²) in [5, 5.41) is 8.58. The summed E-state index contributed by atoms with van der Waals surface area (Å²) in [7, 11) is 1.78. The van der Waals surface area contributed by atoms with E-state index in [9.17, 15) is 9.59 Å². The number of hydrogen-bond donors (Lipinski definition) is 3. The van der Waals surface area contributed by atoms with Crippen molar-refractivity contribution in [2.45, 2.75) is 18.8 Å². The number of nitrogens with one attached hydrogen (secondary N) is 3. The SMILES string of the molecule is CNc1ccc(NC(=O)C2CCc3ccccc32)cc1NC=O. The molecule has 1 aliphatic rings. The lowest BCUT2D eigenvalue weighted by Gasteiger charge is -2.14. The fraction of sp³-hybridized carbons (Fsp3) is 0.222. The molecule has 1 aliphatic carbocycles. The number of benzene rings is 2. The van der Waals surface area contributed by atoms with E-state index in [-0.39, 0.29) is 11.8 Å². The van der Waals surface area contributed by atoms with E-state index in [1.54, 1.807) is 13.1 Å². The molecule has 2 amide bonds. The van der Waals surface area contributed by atoms with E-state index in [4.69, 9.17) is 0 Å². The molecule has 23 heavy (non-hydrogen) atoms. The molecule has 1 unspecified atom stereocenters. The topological polar surface area (TPSA) is 70.2 Å². The van der Waals surface area contributed by atoms with Gasteiger partial charge in [0.1, 0.15) is 0 Å². The average molecular weight is 309 g/mol. The smallest absolute Gasteiger partial charge is 0.231 e. The predicted octanol–water partition coefficient (Wildman–Crippen LogP) is 2.97. The molecule has 2 aromatic carbocycles. The van der Waals surface area contributed by atoms with Gasteiger partial charge in [-0.3, -0.25) is 9.59 Å². The summed E-state index contributed by atoms with van der Waals surface area (Å²) >= 11 is 0. The lowest BCUT2D eigenvalue weighted by Crippen LogP contribution is -2.19. The van der Waals surface area contributed by atoms with Crippen LogP contribution in [-0.4, -0.2) is 19.4 Å². The van der Waals surface area contributed by atoms with Crippen molar-refractivity contribution in [2.24, 2.45) is 0 Å². The maximum absolute atomic E-state index is 12.6. The number of rotatable bonds is 5. The van der Waals surface area contributed by atoms with Crippen molar-refractivity contribution in [3.8, 4) is 0 Å². The molecule has 3 rings (SSSR count). The first-order valence-electron chi connectivity index (χ1n) is 7.63. The molecule has 0 saturated carbocycles. The molecule has 0 heterocycles. The molecule has 118 valence electrons. The minimum absolute atomic E-state index is 0.00999. The quantitative estimate of drug-likeness (QED) is 0.744. The maximum atomic E-state index is 12.6. The molecule has 5 nitrogen and oxygen atoms in total. The van der Waals surface area contributed by atoms with Gasteiger partial charge in [-0.1, -0.05) is 24.3 Å². The van der Waals surface area contributed by atoms with Crippen molar-refractivity contribution >= 4 is 29.4 Å². The average Bonchev–Trinajstić information content (AvgIpc) is 2.99. The molecule has 5 heteroatoms. The van der Waals surface area contributed by atoms with Crippen molar-refractivity contribution in [1.29, 1.82) is 0 Å². The van der Waals surface area contributed by atoms with E-state index in [0.717, 1.165) is 24.1 Å². The van der Waals surface area contributed by atoms with Crippen LogP contribution in [0.25, 0.3) is 0 Å². The summed E-state index contributed by atoms with van der Waals surface area (Å²) in [6.07, 6.45) is 2.39. The van der Waals surface area contributed by atoms with E-state index in [1.807, 2.05) is 30.3 Å². The van der Waals surface area contributed by atoms with Crippen LogP contribution in [0.4, 0.5) is 17.1 Å². The van der Waals surface area contributed by atoms with Crippen LogP contribution in [-0.2, 0) is 16.0 Å². The summed E-state index contributed by atoms with van der Waals surface area (Å²) in [4.78, 5) is 23.3. The van der Waals surface area contributed by atoms with Crippen molar-refractivity contribution in [2.75, 3.05) is 23.0 Å². The normalized spacial score (nSPS) is 15.6. The number of aryl methyl sites for hydroxylation is 1. The van der Waals surface area contributed by atoms with Gasteiger partial charge >= 0.3 is 0 Å². The molecular formula is C18H19N3O2. The fourth-order valence-corrected chi connectivity index (χ4v) is 3.08. The Morgan fingerprint density at radius 1 is 1.17 bits per heavy atom. The lowest BCUT2D eigenvalue weighted by molar-refractivity contribution is -0.117. The second-order valence-corrected chi connectivity index (χ2v) is 5.55. The zero-order valence-corrected chi connectivity index (χ0v) is 12.9. The number of anilines is 3. The van der Waals surface area contributed by atoms with Gasteiger partial charge in [0, 0.05) is 12.7 Å². The Bertz CT molecular complexity index is 743. The van der Waals surface area contributed by atoms with Crippen molar-refractivity contribution in [1.82, 2.24) is 0 Å². The number of amides is 2.